The highest BCUT2D eigenvalue weighted by Gasteiger charge is 2.29. The maximum Gasteiger partial charge on any atom is 0.0987 e. The van der Waals surface area contributed by atoms with Gasteiger partial charge >= 0.3 is 0 Å². The quantitative estimate of drug-likeness (QED) is 0.488. The van der Waals surface area contributed by atoms with Gasteiger partial charge in [0.1, 0.15) is 0 Å². The first kappa shape index (κ1) is 7.94. The van der Waals surface area contributed by atoms with Crippen molar-refractivity contribution in [1.82, 2.24) is 5.01 Å². The van der Waals surface area contributed by atoms with E-state index in [0.29, 0.717) is 19.7 Å². The Labute approximate surface area is 60.5 Å². The average molecular weight is 146 g/mol. The van der Waals surface area contributed by atoms with Gasteiger partial charge in [0.25, 0.3) is 0 Å². The molecule has 0 spiro atoms. The fraction of sp³-hybridized carbons (Fsp3) is 1.00. The van der Waals surface area contributed by atoms with E-state index >= 15 is 0 Å². The Balaban J connectivity index is 2.31. The van der Waals surface area contributed by atoms with E-state index in [4.69, 9.17) is 10.6 Å². The summed E-state index contributed by atoms with van der Waals surface area (Å²) in [6.45, 7) is 3.70. The standard InChI is InChI=1S/C6H14N2O2/c1-2-10-6-4-8(7)3-5(6)9/h5-6,9H,2-4,7H2,1H3. The van der Waals surface area contributed by atoms with Gasteiger partial charge in [-0.15, -0.1) is 0 Å². The van der Waals surface area contributed by atoms with E-state index in [-0.39, 0.29) is 6.10 Å². The molecule has 4 heteroatoms. The van der Waals surface area contributed by atoms with Crippen molar-refractivity contribution in [2.45, 2.75) is 19.1 Å². The molecule has 0 bridgehead atoms. The first-order chi connectivity index (χ1) is 4.74. The SMILES string of the molecule is CCOC1CN(N)CC1O. The van der Waals surface area contributed by atoms with Gasteiger partial charge in [-0.2, -0.15) is 0 Å². The van der Waals surface area contributed by atoms with E-state index in [0.717, 1.165) is 0 Å². The minimum absolute atomic E-state index is 0.0880. The predicted octanol–water partition coefficient (Wildman–Crippen LogP) is -1.06. The van der Waals surface area contributed by atoms with Crippen molar-refractivity contribution < 1.29 is 9.84 Å². The molecule has 1 heterocycles. The number of β-amino-alcohol motifs (C(OH)–C–C–N with tert-alkyl or cyclic N) is 1. The third kappa shape index (κ3) is 1.67. The van der Waals surface area contributed by atoms with Crippen molar-refractivity contribution in [3.63, 3.8) is 0 Å². The molecule has 2 unspecified atom stereocenters. The number of hydrogen-bond acceptors (Lipinski definition) is 4. The monoisotopic (exact) mass is 146 g/mol. The van der Waals surface area contributed by atoms with Gasteiger partial charge in [0.2, 0.25) is 0 Å². The lowest BCUT2D eigenvalue weighted by molar-refractivity contribution is -0.00242. The molecule has 0 aliphatic carbocycles. The number of hydrogen-bond donors (Lipinski definition) is 2. The van der Waals surface area contributed by atoms with Crippen LogP contribution < -0.4 is 5.84 Å². The van der Waals surface area contributed by atoms with Crippen molar-refractivity contribution in [2.75, 3.05) is 19.7 Å². The molecule has 0 radical (unpaired) electrons. The van der Waals surface area contributed by atoms with Crippen LogP contribution >= 0.6 is 0 Å². The van der Waals surface area contributed by atoms with Gasteiger partial charge < -0.3 is 9.84 Å². The third-order valence-corrected chi connectivity index (χ3v) is 1.65. The second-order valence-electron chi connectivity index (χ2n) is 2.52. The Bertz CT molecular complexity index is 110. The zero-order valence-corrected chi connectivity index (χ0v) is 6.16. The lowest BCUT2D eigenvalue weighted by Gasteiger charge is -2.11. The van der Waals surface area contributed by atoms with E-state index in [9.17, 15) is 5.11 Å². The number of aliphatic hydroxyl groups excluding tert-OH is 1. The van der Waals surface area contributed by atoms with Crippen molar-refractivity contribution in [2.24, 2.45) is 5.84 Å². The molecule has 10 heavy (non-hydrogen) atoms. The minimum Gasteiger partial charge on any atom is -0.389 e. The Morgan fingerprint density at radius 3 is 2.80 bits per heavy atom. The first-order valence-electron chi connectivity index (χ1n) is 3.53. The summed E-state index contributed by atoms with van der Waals surface area (Å²) in [4.78, 5) is 0. The minimum atomic E-state index is -0.412. The van der Waals surface area contributed by atoms with Crippen LogP contribution in [0.1, 0.15) is 6.92 Å². The molecule has 1 aliphatic rings. The number of nitrogens with zero attached hydrogens (tertiary/aromatic N) is 1. The normalized spacial score (nSPS) is 35.1. The first-order valence-corrected chi connectivity index (χ1v) is 3.53. The molecular weight excluding hydrogens is 132 g/mol. The van der Waals surface area contributed by atoms with Gasteiger partial charge in [-0.3, -0.25) is 5.84 Å². The summed E-state index contributed by atoms with van der Waals surface area (Å²) in [5.41, 5.74) is 0. The van der Waals surface area contributed by atoms with Gasteiger partial charge in [-0.05, 0) is 6.92 Å². The Kier molecular flexibility index (Phi) is 2.62. The summed E-state index contributed by atoms with van der Waals surface area (Å²) in [6, 6.07) is 0. The van der Waals surface area contributed by atoms with Gasteiger partial charge in [-0.25, -0.2) is 5.01 Å². The molecule has 0 saturated carbocycles. The summed E-state index contributed by atoms with van der Waals surface area (Å²) in [7, 11) is 0. The second-order valence-corrected chi connectivity index (χ2v) is 2.52. The maximum atomic E-state index is 9.24. The summed E-state index contributed by atoms with van der Waals surface area (Å²) >= 11 is 0. The summed E-state index contributed by atoms with van der Waals surface area (Å²) in [5.74, 6) is 5.44. The molecule has 0 aromatic carbocycles. The predicted molar refractivity (Wildman–Crippen MR) is 37.2 cm³/mol. The molecule has 3 N–H and O–H groups in total. The molecule has 1 fully saturated rings. The van der Waals surface area contributed by atoms with Gasteiger partial charge in [-0.1, -0.05) is 0 Å². The average Bonchev–Trinajstić information content (AvgIpc) is 2.13. The number of aliphatic hydroxyl groups is 1. The highest BCUT2D eigenvalue weighted by molar-refractivity contribution is 4.81. The van der Waals surface area contributed by atoms with Crippen LogP contribution in [-0.2, 0) is 4.74 Å². The summed E-state index contributed by atoms with van der Waals surface area (Å²) in [6.07, 6.45) is -0.500. The van der Waals surface area contributed by atoms with Gasteiger partial charge in [0.05, 0.1) is 12.2 Å². The number of ether oxygens (including phenoxy) is 1. The second kappa shape index (κ2) is 3.30. The van der Waals surface area contributed by atoms with E-state index in [1.165, 1.54) is 0 Å². The van der Waals surface area contributed by atoms with E-state index in [1.807, 2.05) is 6.92 Å². The topological polar surface area (TPSA) is 58.7 Å². The van der Waals surface area contributed by atoms with Crippen LogP contribution in [-0.4, -0.2) is 42.0 Å². The molecule has 0 amide bonds. The highest BCUT2D eigenvalue weighted by Crippen LogP contribution is 2.09. The number of hydrazine groups is 1. The van der Waals surface area contributed by atoms with E-state index < -0.39 is 6.10 Å². The fourth-order valence-electron chi connectivity index (χ4n) is 1.16. The van der Waals surface area contributed by atoms with E-state index in [1.54, 1.807) is 5.01 Å². The van der Waals surface area contributed by atoms with Crippen molar-refractivity contribution in [3.8, 4) is 0 Å². The van der Waals surface area contributed by atoms with Crippen LogP contribution in [0, 0.1) is 0 Å². The molecule has 60 valence electrons. The Morgan fingerprint density at radius 2 is 2.40 bits per heavy atom. The zero-order chi connectivity index (χ0) is 7.56. The molecule has 1 saturated heterocycles. The van der Waals surface area contributed by atoms with Crippen molar-refractivity contribution in [1.29, 1.82) is 0 Å². The molecule has 1 aliphatic heterocycles. The smallest absolute Gasteiger partial charge is 0.0987 e. The van der Waals surface area contributed by atoms with Crippen molar-refractivity contribution in [3.05, 3.63) is 0 Å². The van der Waals surface area contributed by atoms with Crippen LogP contribution in [0.25, 0.3) is 0 Å². The maximum absolute atomic E-state index is 9.24. The molecule has 0 aromatic rings. The number of rotatable bonds is 2. The highest BCUT2D eigenvalue weighted by atomic mass is 16.5. The molecule has 2 atom stereocenters. The van der Waals surface area contributed by atoms with Crippen LogP contribution in [0.4, 0.5) is 0 Å². The molecule has 1 rings (SSSR count). The van der Waals surface area contributed by atoms with Crippen molar-refractivity contribution >= 4 is 0 Å². The van der Waals surface area contributed by atoms with E-state index in [2.05, 4.69) is 0 Å². The fourth-order valence-corrected chi connectivity index (χ4v) is 1.16. The third-order valence-electron chi connectivity index (χ3n) is 1.65. The lowest BCUT2D eigenvalue weighted by atomic mass is 10.3. The molecular formula is C6H14N2O2. The van der Waals surface area contributed by atoms with Crippen LogP contribution in [0.2, 0.25) is 0 Å². The Hall–Kier alpha value is -0.160. The summed E-state index contributed by atoms with van der Waals surface area (Å²) in [5, 5.41) is 10.8. The van der Waals surface area contributed by atoms with Gasteiger partial charge in [0, 0.05) is 19.7 Å². The van der Waals surface area contributed by atoms with Gasteiger partial charge in [0.15, 0.2) is 0 Å². The largest absolute Gasteiger partial charge is 0.389 e. The zero-order valence-electron chi connectivity index (χ0n) is 6.16. The van der Waals surface area contributed by atoms with Crippen LogP contribution in [0.15, 0.2) is 0 Å². The number of nitrogens with two attached hydrogens (primary N) is 1. The van der Waals surface area contributed by atoms with Crippen LogP contribution in [0.5, 0.6) is 0 Å². The summed E-state index contributed by atoms with van der Waals surface area (Å²) < 4.78 is 5.21. The molecule has 0 aromatic heterocycles. The molecule has 4 nitrogen and oxygen atoms in total. The lowest BCUT2D eigenvalue weighted by Crippen LogP contribution is -2.29. The van der Waals surface area contributed by atoms with Crippen LogP contribution in [0.3, 0.4) is 0 Å². The Morgan fingerprint density at radius 1 is 1.70 bits per heavy atom.